The van der Waals surface area contributed by atoms with E-state index in [1.807, 2.05) is 24.4 Å². The monoisotopic (exact) mass is 282 g/mol. The van der Waals surface area contributed by atoms with Gasteiger partial charge in [0.15, 0.2) is 5.92 Å². The molecule has 0 bridgehead atoms. The molecule has 0 saturated heterocycles. The first-order valence-electron chi connectivity index (χ1n) is 5.84. The third-order valence-corrected chi connectivity index (χ3v) is 3.79. The highest BCUT2D eigenvalue weighted by Gasteiger charge is 2.38. The number of carbonyl (C=O) groups excluding carboxylic acids is 2. The number of rotatable bonds is 6. The summed E-state index contributed by atoms with van der Waals surface area (Å²) in [5.41, 5.74) is 0.899. The fourth-order valence-electron chi connectivity index (χ4n) is 1.94. The second kappa shape index (κ2) is 7.09. The van der Waals surface area contributed by atoms with Gasteiger partial charge in [0.2, 0.25) is 0 Å². The van der Waals surface area contributed by atoms with Crippen molar-refractivity contribution < 1.29 is 19.1 Å². The van der Waals surface area contributed by atoms with Crippen molar-refractivity contribution in [2.24, 2.45) is 5.92 Å². The molecule has 0 N–H and O–H groups in total. The smallest absolute Gasteiger partial charge is 0.320 e. The van der Waals surface area contributed by atoms with Gasteiger partial charge in [0.25, 0.3) is 0 Å². The Morgan fingerprint density at radius 1 is 1.32 bits per heavy atom. The van der Waals surface area contributed by atoms with E-state index in [1.165, 1.54) is 25.6 Å². The Bertz CT molecular complexity index is 434. The van der Waals surface area contributed by atoms with E-state index in [0.29, 0.717) is 6.42 Å². The summed E-state index contributed by atoms with van der Waals surface area (Å²) in [7, 11) is 2.54. The van der Waals surface area contributed by atoms with Gasteiger partial charge in [0.1, 0.15) is 0 Å². The molecule has 0 aliphatic rings. The Hall–Kier alpha value is -1.62. The molecule has 19 heavy (non-hydrogen) atoms. The molecular weight excluding hydrogens is 264 g/mol. The molecule has 0 saturated carbocycles. The van der Waals surface area contributed by atoms with E-state index in [2.05, 4.69) is 6.58 Å². The fourth-order valence-corrected chi connectivity index (χ4v) is 2.80. The average molecular weight is 282 g/mol. The zero-order valence-corrected chi connectivity index (χ0v) is 12.2. The summed E-state index contributed by atoms with van der Waals surface area (Å²) in [6, 6.07) is 3.79. The van der Waals surface area contributed by atoms with Crippen molar-refractivity contribution >= 4 is 23.3 Å². The molecule has 104 valence electrons. The van der Waals surface area contributed by atoms with E-state index >= 15 is 0 Å². The third kappa shape index (κ3) is 3.92. The molecule has 0 fully saturated rings. The highest BCUT2D eigenvalue weighted by atomic mass is 32.1. The summed E-state index contributed by atoms with van der Waals surface area (Å²) in [5.74, 6) is -2.40. The molecule has 0 aliphatic heterocycles. The first kappa shape index (κ1) is 15.4. The van der Waals surface area contributed by atoms with Crippen molar-refractivity contribution in [3.05, 3.63) is 34.5 Å². The Kier molecular flexibility index (Phi) is 5.76. The number of allylic oxidation sites excluding steroid dienone is 1. The first-order valence-corrected chi connectivity index (χ1v) is 6.72. The van der Waals surface area contributed by atoms with Gasteiger partial charge in [0, 0.05) is 10.8 Å². The largest absolute Gasteiger partial charge is 0.468 e. The Labute approximate surface area is 117 Å². The van der Waals surface area contributed by atoms with Crippen LogP contribution in [-0.2, 0) is 19.1 Å². The predicted molar refractivity (Wildman–Crippen MR) is 74.0 cm³/mol. The van der Waals surface area contributed by atoms with E-state index < -0.39 is 17.9 Å². The topological polar surface area (TPSA) is 52.6 Å². The summed E-state index contributed by atoms with van der Waals surface area (Å²) < 4.78 is 9.46. The molecular formula is C14H18O4S. The number of thiophene rings is 1. The van der Waals surface area contributed by atoms with Gasteiger partial charge in [-0.1, -0.05) is 11.6 Å². The minimum Gasteiger partial charge on any atom is -0.468 e. The molecule has 1 aromatic heterocycles. The summed E-state index contributed by atoms with van der Waals surface area (Å²) >= 11 is 1.50. The quantitative estimate of drug-likeness (QED) is 0.457. The van der Waals surface area contributed by atoms with E-state index in [4.69, 9.17) is 9.47 Å². The van der Waals surface area contributed by atoms with Crippen LogP contribution in [0.2, 0.25) is 0 Å². The second-order valence-corrected chi connectivity index (χ2v) is 5.29. The maximum atomic E-state index is 11.9. The lowest BCUT2D eigenvalue weighted by atomic mass is 9.86. The maximum absolute atomic E-state index is 11.9. The van der Waals surface area contributed by atoms with Crippen molar-refractivity contribution in [3.8, 4) is 0 Å². The molecule has 0 aromatic carbocycles. The average Bonchev–Trinajstić information content (AvgIpc) is 2.90. The van der Waals surface area contributed by atoms with Crippen LogP contribution in [0.5, 0.6) is 0 Å². The van der Waals surface area contributed by atoms with Crippen LogP contribution in [0, 0.1) is 5.92 Å². The number of hydrogen-bond donors (Lipinski definition) is 0. The van der Waals surface area contributed by atoms with Crippen LogP contribution in [0.4, 0.5) is 0 Å². The van der Waals surface area contributed by atoms with Gasteiger partial charge in [-0.15, -0.1) is 17.9 Å². The molecule has 1 heterocycles. The van der Waals surface area contributed by atoms with Crippen LogP contribution in [0.3, 0.4) is 0 Å². The van der Waals surface area contributed by atoms with Gasteiger partial charge in [-0.25, -0.2) is 0 Å². The maximum Gasteiger partial charge on any atom is 0.320 e. The molecule has 0 amide bonds. The lowest BCUT2D eigenvalue weighted by Gasteiger charge is -2.22. The Balaban J connectivity index is 3.13. The third-order valence-electron chi connectivity index (χ3n) is 2.79. The summed E-state index contributed by atoms with van der Waals surface area (Å²) in [4.78, 5) is 24.7. The van der Waals surface area contributed by atoms with Gasteiger partial charge >= 0.3 is 11.9 Å². The molecule has 1 atom stereocenters. The van der Waals surface area contributed by atoms with Gasteiger partial charge in [0.05, 0.1) is 14.2 Å². The Morgan fingerprint density at radius 2 is 1.89 bits per heavy atom. The zero-order chi connectivity index (χ0) is 14.4. The lowest BCUT2D eigenvalue weighted by molar-refractivity contribution is -0.159. The van der Waals surface area contributed by atoms with Gasteiger partial charge in [-0.3, -0.25) is 9.59 Å². The van der Waals surface area contributed by atoms with Gasteiger partial charge < -0.3 is 9.47 Å². The van der Waals surface area contributed by atoms with Crippen LogP contribution in [-0.4, -0.2) is 26.2 Å². The molecule has 5 heteroatoms. The summed E-state index contributed by atoms with van der Waals surface area (Å²) in [6.07, 6.45) is 0.537. The number of ether oxygens (including phenoxy) is 2. The van der Waals surface area contributed by atoms with Crippen LogP contribution in [0.15, 0.2) is 29.7 Å². The minimum atomic E-state index is -0.953. The van der Waals surface area contributed by atoms with Crippen molar-refractivity contribution in [2.75, 3.05) is 14.2 Å². The van der Waals surface area contributed by atoms with Crippen molar-refractivity contribution in [1.82, 2.24) is 0 Å². The molecule has 0 radical (unpaired) electrons. The second-order valence-electron chi connectivity index (χ2n) is 4.31. The minimum absolute atomic E-state index is 0.294. The van der Waals surface area contributed by atoms with Crippen molar-refractivity contribution in [1.29, 1.82) is 0 Å². The number of esters is 2. The van der Waals surface area contributed by atoms with Crippen LogP contribution in [0.1, 0.15) is 24.1 Å². The number of methoxy groups -OCH3 is 2. The summed E-state index contributed by atoms with van der Waals surface area (Å²) in [5, 5.41) is 1.91. The number of carbonyl (C=O) groups is 2. The van der Waals surface area contributed by atoms with Crippen molar-refractivity contribution in [2.45, 2.75) is 19.3 Å². The zero-order valence-electron chi connectivity index (χ0n) is 11.3. The lowest BCUT2D eigenvalue weighted by Crippen LogP contribution is -2.32. The van der Waals surface area contributed by atoms with Crippen molar-refractivity contribution in [3.63, 3.8) is 0 Å². The van der Waals surface area contributed by atoms with Crippen LogP contribution in [0.25, 0.3) is 0 Å². The van der Waals surface area contributed by atoms with Gasteiger partial charge in [-0.05, 0) is 24.8 Å². The van der Waals surface area contributed by atoms with E-state index in [9.17, 15) is 9.59 Å². The number of hydrogen-bond acceptors (Lipinski definition) is 5. The Morgan fingerprint density at radius 3 is 2.26 bits per heavy atom. The summed E-state index contributed by atoms with van der Waals surface area (Å²) in [6.45, 7) is 5.73. The SMILES string of the molecule is C=C(C)CC(c1cccs1)C(C(=O)OC)C(=O)OC. The predicted octanol–water partition coefficient (Wildman–Crippen LogP) is 2.76. The van der Waals surface area contributed by atoms with E-state index in [0.717, 1.165) is 10.5 Å². The highest BCUT2D eigenvalue weighted by Crippen LogP contribution is 2.35. The highest BCUT2D eigenvalue weighted by molar-refractivity contribution is 7.10. The van der Waals surface area contributed by atoms with Crippen LogP contribution < -0.4 is 0 Å². The van der Waals surface area contributed by atoms with Gasteiger partial charge in [-0.2, -0.15) is 0 Å². The molecule has 4 nitrogen and oxygen atoms in total. The molecule has 0 spiro atoms. The van der Waals surface area contributed by atoms with E-state index in [1.54, 1.807) is 0 Å². The van der Waals surface area contributed by atoms with E-state index in [-0.39, 0.29) is 5.92 Å². The molecule has 0 aliphatic carbocycles. The normalized spacial score (nSPS) is 12.0. The van der Waals surface area contributed by atoms with Crippen LogP contribution >= 0.6 is 11.3 Å². The molecule has 1 unspecified atom stereocenters. The molecule has 1 rings (SSSR count). The standard InChI is InChI=1S/C14H18O4S/c1-9(2)8-10(11-6-5-7-19-11)12(13(15)17-3)14(16)18-4/h5-7,10,12H,1,8H2,2-4H3. The molecule has 1 aromatic rings. The fraction of sp³-hybridized carbons (Fsp3) is 0.429. The first-order chi connectivity index (χ1) is 9.01.